The Hall–Kier alpha value is -2.73. The van der Waals surface area contributed by atoms with E-state index in [0.717, 1.165) is 27.7 Å². The molecule has 0 unspecified atom stereocenters. The highest BCUT2D eigenvalue weighted by Crippen LogP contribution is 2.36. The Labute approximate surface area is 159 Å². The normalized spacial score (nSPS) is 29.3. The van der Waals surface area contributed by atoms with Crippen molar-refractivity contribution in [2.45, 2.75) is 64.3 Å². The van der Waals surface area contributed by atoms with Gasteiger partial charge in [0.25, 0.3) is 0 Å². The van der Waals surface area contributed by atoms with Crippen molar-refractivity contribution in [3.05, 3.63) is 0 Å². The Bertz CT molecular complexity index is 644. The minimum absolute atomic E-state index is 0.570. The molecule has 158 valence electrons. The Morgan fingerprint density at radius 2 is 1.36 bits per heavy atom. The summed E-state index contributed by atoms with van der Waals surface area (Å²) >= 11 is 0. The summed E-state index contributed by atoms with van der Waals surface area (Å²) in [6.45, 7) is 3.52. The van der Waals surface area contributed by atoms with Crippen LogP contribution < -0.4 is 0 Å². The van der Waals surface area contributed by atoms with E-state index in [4.69, 9.17) is 28.8 Å². The van der Waals surface area contributed by atoms with Gasteiger partial charge in [-0.2, -0.15) is 0 Å². The van der Waals surface area contributed by atoms with Crippen molar-refractivity contribution >= 4 is 29.8 Å². The minimum Gasteiger partial charge on any atom is -0.481 e. The standard InChI is InChI=1S/C16H22O12/c1-7(17)24-6-11-13(25-8(2)18)14(26-9(3)19)15(27-10(4)20)16(23,28-11)5-12(21)22/h11,13-15,23H,5-6H2,1-4H3,(H,21,22)/t11-,13-,14+,15-,16-/m1/s1. The highest BCUT2D eigenvalue weighted by atomic mass is 16.7. The van der Waals surface area contributed by atoms with Gasteiger partial charge in [-0.15, -0.1) is 0 Å². The van der Waals surface area contributed by atoms with Crippen molar-refractivity contribution in [1.29, 1.82) is 0 Å². The van der Waals surface area contributed by atoms with E-state index in [0.29, 0.717) is 0 Å². The van der Waals surface area contributed by atoms with Gasteiger partial charge in [0, 0.05) is 27.7 Å². The molecule has 0 bridgehead atoms. The summed E-state index contributed by atoms with van der Waals surface area (Å²) in [4.78, 5) is 56.9. The smallest absolute Gasteiger partial charge is 0.308 e. The Kier molecular flexibility index (Phi) is 7.88. The summed E-state index contributed by atoms with van der Waals surface area (Å²) in [5.41, 5.74) is 0. The number of carboxylic acid groups (broad SMARTS) is 1. The molecule has 1 fully saturated rings. The molecule has 1 rings (SSSR count). The van der Waals surface area contributed by atoms with Gasteiger partial charge in [-0.05, 0) is 0 Å². The van der Waals surface area contributed by atoms with Crippen LogP contribution in [-0.4, -0.2) is 76.9 Å². The summed E-state index contributed by atoms with van der Waals surface area (Å²) in [6.07, 6.45) is -7.45. The molecule has 2 N–H and O–H groups in total. The zero-order valence-corrected chi connectivity index (χ0v) is 15.7. The summed E-state index contributed by atoms with van der Waals surface area (Å²) in [5.74, 6) is -7.63. The number of aliphatic hydroxyl groups is 1. The number of aliphatic carboxylic acids is 1. The van der Waals surface area contributed by atoms with E-state index in [1.54, 1.807) is 0 Å². The number of carbonyl (C=O) groups is 5. The van der Waals surface area contributed by atoms with Crippen LogP contribution in [0, 0.1) is 0 Å². The molecule has 0 aliphatic carbocycles. The first-order valence-corrected chi connectivity index (χ1v) is 8.12. The van der Waals surface area contributed by atoms with Gasteiger partial charge in [-0.1, -0.05) is 0 Å². The molecule has 0 saturated carbocycles. The number of esters is 4. The maximum absolute atomic E-state index is 11.6. The van der Waals surface area contributed by atoms with E-state index in [9.17, 15) is 29.1 Å². The van der Waals surface area contributed by atoms with Crippen LogP contribution in [-0.2, 0) is 47.7 Å². The van der Waals surface area contributed by atoms with E-state index >= 15 is 0 Å². The van der Waals surface area contributed by atoms with Crippen LogP contribution in [0.4, 0.5) is 0 Å². The molecule has 1 saturated heterocycles. The lowest BCUT2D eigenvalue weighted by Crippen LogP contribution is -2.68. The molecule has 28 heavy (non-hydrogen) atoms. The largest absolute Gasteiger partial charge is 0.481 e. The van der Waals surface area contributed by atoms with Crippen molar-refractivity contribution in [3.63, 3.8) is 0 Å². The van der Waals surface area contributed by atoms with E-state index in [-0.39, 0.29) is 0 Å². The fourth-order valence-corrected chi connectivity index (χ4v) is 2.72. The second-order valence-corrected chi connectivity index (χ2v) is 6.05. The van der Waals surface area contributed by atoms with Crippen LogP contribution in [0.1, 0.15) is 34.1 Å². The quantitative estimate of drug-likeness (QED) is 0.387. The SMILES string of the molecule is CC(=O)OC[C@H]1O[C@](O)(CC(=O)O)[C@H](OC(C)=O)[C@@H](OC(C)=O)[C@@H]1OC(C)=O. The monoisotopic (exact) mass is 406 g/mol. The number of carboxylic acids is 1. The molecule has 1 heterocycles. The summed E-state index contributed by atoms with van der Waals surface area (Å²) < 4.78 is 25.2. The third-order valence-electron chi connectivity index (χ3n) is 3.54. The second-order valence-electron chi connectivity index (χ2n) is 6.05. The molecule has 0 aromatic carbocycles. The van der Waals surface area contributed by atoms with Gasteiger partial charge in [0.05, 0.1) is 0 Å². The van der Waals surface area contributed by atoms with Crippen molar-refractivity contribution < 1.29 is 57.9 Å². The van der Waals surface area contributed by atoms with Crippen LogP contribution in [0.2, 0.25) is 0 Å². The molecule has 0 aromatic heterocycles. The molecule has 1 aliphatic rings. The van der Waals surface area contributed by atoms with Crippen LogP contribution in [0.5, 0.6) is 0 Å². The molecule has 0 amide bonds. The summed E-state index contributed by atoms with van der Waals surface area (Å²) in [6, 6.07) is 0. The second kappa shape index (κ2) is 9.46. The lowest BCUT2D eigenvalue weighted by Gasteiger charge is -2.48. The van der Waals surface area contributed by atoms with Gasteiger partial charge in [0.1, 0.15) is 19.1 Å². The van der Waals surface area contributed by atoms with Gasteiger partial charge >= 0.3 is 29.8 Å². The molecule has 0 spiro atoms. The van der Waals surface area contributed by atoms with Crippen LogP contribution in [0.3, 0.4) is 0 Å². The molecule has 1 aliphatic heterocycles. The molecule has 12 heteroatoms. The van der Waals surface area contributed by atoms with Crippen molar-refractivity contribution in [2.75, 3.05) is 6.61 Å². The lowest BCUT2D eigenvalue weighted by atomic mass is 9.90. The third-order valence-corrected chi connectivity index (χ3v) is 3.54. The number of ether oxygens (including phenoxy) is 5. The van der Waals surface area contributed by atoms with Gasteiger partial charge in [0.2, 0.25) is 5.79 Å². The predicted molar refractivity (Wildman–Crippen MR) is 85.4 cm³/mol. The Morgan fingerprint density at radius 3 is 1.79 bits per heavy atom. The van der Waals surface area contributed by atoms with Crippen LogP contribution in [0.15, 0.2) is 0 Å². The highest BCUT2D eigenvalue weighted by molar-refractivity contribution is 5.70. The number of rotatable bonds is 7. The Morgan fingerprint density at radius 1 is 0.857 bits per heavy atom. The third kappa shape index (κ3) is 6.46. The summed E-state index contributed by atoms with van der Waals surface area (Å²) in [7, 11) is 0. The van der Waals surface area contributed by atoms with E-state index in [1.165, 1.54) is 0 Å². The van der Waals surface area contributed by atoms with E-state index in [1.807, 2.05) is 0 Å². The average molecular weight is 406 g/mol. The van der Waals surface area contributed by atoms with Gasteiger partial charge in [-0.3, -0.25) is 24.0 Å². The van der Waals surface area contributed by atoms with Gasteiger partial charge in [-0.25, -0.2) is 0 Å². The molecular weight excluding hydrogens is 384 g/mol. The first kappa shape index (κ1) is 23.3. The lowest BCUT2D eigenvalue weighted by molar-refractivity contribution is -0.351. The number of hydrogen-bond donors (Lipinski definition) is 2. The number of hydrogen-bond acceptors (Lipinski definition) is 11. The van der Waals surface area contributed by atoms with Crippen LogP contribution >= 0.6 is 0 Å². The fourth-order valence-electron chi connectivity index (χ4n) is 2.72. The van der Waals surface area contributed by atoms with Crippen molar-refractivity contribution in [3.8, 4) is 0 Å². The Balaban J connectivity index is 3.43. The molecule has 5 atom stereocenters. The molecular formula is C16H22O12. The first-order chi connectivity index (χ1) is 12.9. The van der Waals surface area contributed by atoms with Crippen molar-refractivity contribution in [2.24, 2.45) is 0 Å². The summed E-state index contributed by atoms with van der Waals surface area (Å²) in [5, 5.41) is 19.9. The zero-order chi connectivity index (χ0) is 21.6. The maximum atomic E-state index is 11.6. The van der Waals surface area contributed by atoms with Crippen molar-refractivity contribution in [1.82, 2.24) is 0 Å². The highest BCUT2D eigenvalue weighted by Gasteiger charge is 2.60. The fraction of sp³-hybridized carbons (Fsp3) is 0.688. The molecule has 0 radical (unpaired) electrons. The average Bonchev–Trinajstić information content (AvgIpc) is 2.50. The maximum Gasteiger partial charge on any atom is 0.308 e. The topological polar surface area (TPSA) is 172 Å². The van der Waals surface area contributed by atoms with Gasteiger partial charge < -0.3 is 33.9 Å². The van der Waals surface area contributed by atoms with E-state index < -0.39 is 73.1 Å². The number of carbonyl (C=O) groups excluding carboxylic acids is 4. The molecule has 0 aromatic rings. The molecule has 12 nitrogen and oxygen atoms in total. The minimum atomic E-state index is -2.67. The van der Waals surface area contributed by atoms with E-state index in [2.05, 4.69) is 0 Å². The van der Waals surface area contributed by atoms with Crippen LogP contribution in [0.25, 0.3) is 0 Å². The van der Waals surface area contributed by atoms with Gasteiger partial charge in [0.15, 0.2) is 18.3 Å². The zero-order valence-electron chi connectivity index (χ0n) is 15.7. The first-order valence-electron chi connectivity index (χ1n) is 8.12. The predicted octanol–water partition coefficient (Wildman–Crippen LogP) is -1.09.